The molecule has 3 rings (SSSR count). The van der Waals surface area contributed by atoms with Gasteiger partial charge in [0.2, 0.25) is 5.91 Å². The van der Waals surface area contributed by atoms with E-state index in [0.717, 1.165) is 12.8 Å². The number of carboxylic acids is 1. The van der Waals surface area contributed by atoms with Gasteiger partial charge in [0.15, 0.2) is 5.69 Å². The first-order chi connectivity index (χ1) is 11.5. The molecule has 0 unspecified atom stereocenters. The van der Waals surface area contributed by atoms with Gasteiger partial charge in [-0.1, -0.05) is 24.1 Å². The second-order valence-corrected chi connectivity index (χ2v) is 5.76. The highest BCUT2D eigenvalue weighted by molar-refractivity contribution is 5.97. The van der Waals surface area contributed by atoms with Crippen LogP contribution in [0.4, 0.5) is 5.69 Å². The molecule has 1 aromatic heterocycles. The molecule has 1 fully saturated rings. The van der Waals surface area contributed by atoms with Crippen LogP contribution in [0.25, 0.3) is 5.69 Å². The molecule has 1 aromatic carbocycles. The van der Waals surface area contributed by atoms with Crippen LogP contribution >= 0.6 is 0 Å². The van der Waals surface area contributed by atoms with Crippen LogP contribution in [0.1, 0.15) is 36.2 Å². The summed E-state index contributed by atoms with van der Waals surface area (Å²) in [6.45, 7) is 0. The first-order valence-electron chi connectivity index (χ1n) is 7.53. The predicted octanol–water partition coefficient (Wildman–Crippen LogP) is 1.99. The van der Waals surface area contributed by atoms with Crippen molar-refractivity contribution in [3.8, 4) is 11.8 Å². The summed E-state index contributed by atoms with van der Waals surface area (Å²) < 4.78 is 1.31. The number of nitrogens with one attached hydrogen (secondary N) is 1. The zero-order valence-corrected chi connectivity index (χ0v) is 12.8. The Morgan fingerprint density at radius 3 is 2.71 bits per heavy atom. The van der Waals surface area contributed by atoms with Gasteiger partial charge in [-0.15, -0.1) is 5.10 Å². The van der Waals surface area contributed by atoms with Gasteiger partial charge in [-0.3, -0.25) is 4.79 Å². The molecule has 122 valence electrons. The van der Waals surface area contributed by atoms with Crippen molar-refractivity contribution in [3.05, 3.63) is 36.2 Å². The maximum atomic E-state index is 12.5. The van der Waals surface area contributed by atoms with Crippen molar-refractivity contribution in [1.82, 2.24) is 15.0 Å². The number of carboxylic acid groups (broad SMARTS) is 1. The number of carbonyl (C=O) groups excluding carboxylic acids is 1. The Kier molecular flexibility index (Phi) is 4.00. The van der Waals surface area contributed by atoms with Gasteiger partial charge in [-0.25, -0.2) is 9.48 Å². The average molecular weight is 325 g/mol. The molecule has 1 aliphatic carbocycles. The van der Waals surface area contributed by atoms with Gasteiger partial charge in [-0.2, -0.15) is 5.26 Å². The van der Waals surface area contributed by atoms with E-state index in [1.807, 2.05) is 0 Å². The number of aromatic carboxylic acids is 1. The van der Waals surface area contributed by atoms with Gasteiger partial charge in [0.05, 0.1) is 18.0 Å². The summed E-state index contributed by atoms with van der Waals surface area (Å²) in [4.78, 5) is 23.3. The first-order valence-corrected chi connectivity index (χ1v) is 7.53. The van der Waals surface area contributed by atoms with Crippen LogP contribution in [0.2, 0.25) is 0 Å². The third-order valence-corrected chi connectivity index (χ3v) is 4.19. The van der Waals surface area contributed by atoms with Crippen LogP contribution in [-0.2, 0) is 4.79 Å². The number of nitrogens with zero attached hydrogens (tertiary/aromatic N) is 4. The third kappa shape index (κ3) is 2.84. The lowest BCUT2D eigenvalue weighted by molar-refractivity contribution is -0.122. The molecule has 1 aliphatic rings. The van der Waals surface area contributed by atoms with Crippen LogP contribution in [0.5, 0.6) is 0 Å². The Balaban J connectivity index is 1.81. The monoisotopic (exact) mass is 325 g/mol. The van der Waals surface area contributed by atoms with Gasteiger partial charge in [-0.05, 0) is 31.0 Å². The lowest BCUT2D eigenvalue weighted by Crippen LogP contribution is -2.32. The van der Waals surface area contributed by atoms with E-state index in [1.165, 1.54) is 10.9 Å². The standard InChI is InChI=1S/C16H15N5O3/c17-10-16(6-1-2-7-16)15(24)18-11-4-3-5-12(8-11)21-9-13(14(22)23)19-20-21/h3-5,8-9H,1-2,6-7H2,(H,18,24)(H,22,23). The van der Waals surface area contributed by atoms with Crippen LogP contribution in [0, 0.1) is 16.7 Å². The SMILES string of the molecule is N#CC1(C(=O)Nc2cccc(-n3cc(C(=O)O)nn3)c2)CCCC1. The number of benzene rings is 1. The highest BCUT2D eigenvalue weighted by atomic mass is 16.4. The maximum Gasteiger partial charge on any atom is 0.358 e. The topological polar surface area (TPSA) is 121 Å². The van der Waals surface area contributed by atoms with Crippen LogP contribution in [0.15, 0.2) is 30.5 Å². The molecule has 1 amide bonds. The Labute approximate surface area is 137 Å². The molecule has 0 aliphatic heterocycles. The Morgan fingerprint density at radius 2 is 2.08 bits per heavy atom. The quantitative estimate of drug-likeness (QED) is 0.886. The van der Waals surface area contributed by atoms with Gasteiger partial charge >= 0.3 is 5.97 Å². The summed E-state index contributed by atoms with van der Waals surface area (Å²) >= 11 is 0. The van der Waals surface area contributed by atoms with Crippen LogP contribution < -0.4 is 5.32 Å². The van der Waals surface area contributed by atoms with E-state index in [4.69, 9.17) is 5.11 Å². The fourth-order valence-corrected chi connectivity index (χ4v) is 2.83. The molecule has 2 N–H and O–H groups in total. The Bertz CT molecular complexity index is 830. The maximum absolute atomic E-state index is 12.5. The molecule has 0 bridgehead atoms. The summed E-state index contributed by atoms with van der Waals surface area (Å²) in [7, 11) is 0. The fourth-order valence-electron chi connectivity index (χ4n) is 2.83. The van der Waals surface area contributed by atoms with Crippen LogP contribution in [0.3, 0.4) is 0 Å². The number of carbonyl (C=O) groups is 2. The molecule has 8 heteroatoms. The van der Waals surface area contributed by atoms with Crippen molar-refractivity contribution in [3.63, 3.8) is 0 Å². The van der Waals surface area contributed by atoms with Crippen molar-refractivity contribution < 1.29 is 14.7 Å². The zero-order chi connectivity index (χ0) is 17.2. The molecular weight excluding hydrogens is 310 g/mol. The molecule has 0 radical (unpaired) electrons. The Morgan fingerprint density at radius 1 is 1.33 bits per heavy atom. The molecule has 1 saturated carbocycles. The molecule has 2 aromatic rings. The molecule has 0 saturated heterocycles. The summed E-state index contributed by atoms with van der Waals surface area (Å²) in [5.41, 5.74) is -0.0461. The molecular formula is C16H15N5O3. The molecule has 0 atom stereocenters. The lowest BCUT2D eigenvalue weighted by atomic mass is 9.87. The van der Waals surface area contributed by atoms with E-state index in [-0.39, 0.29) is 11.6 Å². The number of rotatable bonds is 4. The third-order valence-electron chi connectivity index (χ3n) is 4.19. The normalized spacial score (nSPS) is 15.6. The number of nitriles is 1. The van der Waals surface area contributed by atoms with Crippen molar-refractivity contribution in [2.24, 2.45) is 5.41 Å². The number of aromatic nitrogens is 3. The van der Waals surface area contributed by atoms with E-state index < -0.39 is 11.4 Å². The lowest BCUT2D eigenvalue weighted by Gasteiger charge is -2.19. The highest BCUT2D eigenvalue weighted by Gasteiger charge is 2.41. The Hall–Kier alpha value is -3.21. The van der Waals surface area contributed by atoms with E-state index in [9.17, 15) is 14.9 Å². The minimum atomic E-state index is -1.16. The van der Waals surface area contributed by atoms with E-state index >= 15 is 0 Å². The smallest absolute Gasteiger partial charge is 0.358 e. The second-order valence-electron chi connectivity index (χ2n) is 5.76. The van der Waals surface area contributed by atoms with Crippen molar-refractivity contribution >= 4 is 17.6 Å². The number of amides is 1. The minimum Gasteiger partial charge on any atom is -0.476 e. The van der Waals surface area contributed by atoms with Crippen molar-refractivity contribution in [2.75, 3.05) is 5.32 Å². The summed E-state index contributed by atoms with van der Waals surface area (Å²) in [6, 6.07) is 8.93. The predicted molar refractivity (Wildman–Crippen MR) is 83.5 cm³/mol. The minimum absolute atomic E-state index is 0.168. The van der Waals surface area contributed by atoms with Crippen molar-refractivity contribution in [1.29, 1.82) is 5.26 Å². The first kappa shape index (κ1) is 15.7. The average Bonchev–Trinajstić information content (AvgIpc) is 3.25. The molecule has 0 spiro atoms. The van der Waals surface area contributed by atoms with Gasteiger partial charge in [0.25, 0.3) is 0 Å². The summed E-state index contributed by atoms with van der Waals surface area (Å²) in [5, 5.41) is 28.3. The van der Waals surface area contributed by atoms with E-state index in [2.05, 4.69) is 21.7 Å². The van der Waals surface area contributed by atoms with Crippen LogP contribution in [-0.4, -0.2) is 32.0 Å². The highest BCUT2D eigenvalue weighted by Crippen LogP contribution is 2.38. The van der Waals surface area contributed by atoms with Crippen molar-refractivity contribution in [2.45, 2.75) is 25.7 Å². The van der Waals surface area contributed by atoms with Gasteiger partial charge < -0.3 is 10.4 Å². The van der Waals surface area contributed by atoms with Gasteiger partial charge in [0.1, 0.15) is 5.41 Å². The fraction of sp³-hybridized carbons (Fsp3) is 0.312. The molecule has 24 heavy (non-hydrogen) atoms. The van der Waals surface area contributed by atoms with E-state index in [0.29, 0.717) is 24.2 Å². The number of hydrogen-bond acceptors (Lipinski definition) is 5. The summed E-state index contributed by atoms with van der Waals surface area (Å²) in [5.74, 6) is -1.47. The second kappa shape index (κ2) is 6.12. The van der Waals surface area contributed by atoms with Gasteiger partial charge in [0, 0.05) is 5.69 Å². The summed E-state index contributed by atoms with van der Waals surface area (Å²) in [6.07, 6.45) is 4.17. The van der Waals surface area contributed by atoms with E-state index in [1.54, 1.807) is 24.3 Å². The number of hydrogen-bond donors (Lipinski definition) is 2. The molecule has 1 heterocycles. The number of anilines is 1. The zero-order valence-electron chi connectivity index (χ0n) is 12.8. The largest absolute Gasteiger partial charge is 0.476 e. The molecule has 8 nitrogen and oxygen atoms in total.